The van der Waals surface area contributed by atoms with Gasteiger partial charge in [0.1, 0.15) is 5.82 Å². The summed E-state index contributed by atoms with van der Waals surface area (Å²) in [5.74, 6) is 1.63. The Morgan fingerprint density at radius 2 is 2.20 bits per heavy atom. The largest absolute Gasteiger partial charge is 0.393 e. The Balaban J connectivity index is 2.51. The smallest absolute Gasteiger partial charge is 0.108 e. The number of aryl methyl sites for hydroxylation is 1. The Bertz CT molecular complexity index is 281. The monoisotopic (exact) mass is 210 g/mol. The summed E-state index contributed by atoms with van der Waals surface area (Å²) in [4.78, 5) is 4.36. The molecule has 2 atom stereocenters. The van der Waals surface area contributed by atoms with Crippen molar-refractivity contribution in [1.82, 2.24) is 9.55 Å². The van der Waals surface area contributed by atoms with Crippen LogP contribution in [0.1, 0.15) is 39.4 Å². The van der Waals surface area contributed by atoms with Crippen LogP contribution in [0.5, 0.6) is 0 Å². The molecule has 0 aliphatic rings. The topological polar surface area (TPSA) is 38.0 Å². The molecule has 1 aromatic heterocycles. The van der Waals surface area contributed by atoms with Crippen molar-refractivity contribution < 1.29 is 5.11 Å². The Hall–Kier alpha value is -0.830. The number of imidazole rings is 1. The predicted molar refractivity (Wildman–Crippen MR) is 61.7 cm³/mol. The highest BCUT2D eigenvalue weighted by molar-refractivity contribution is 4.93. The fraction of sp³-hybridized carbons (Fsp3) is 0.750. The molecule has 0 bridgehead atoms. The third kappa shape index (κ3) is 4.04. The Kier molecular flexibility index (Phi) is 4.82. The van der Waals surface area contributed by atoms with Crippen molar-refractivity contribution in [3.8, 4) is 0 Å². The SMILES string of the molecule is CCCn1ccnc1CC(C)CC(C)O. The van der Waals surface area contributed by atoms with Crippen LogP contribution in [-0.4, -0.2) is 20.8 Å². The number of hydrogen-bond acceptors (Lipinski definition) is 2. The van der Waals surface area contributed by atoms with Crippen LogP contribution in [0.15, 0.2) is 12.4 Å². The van der Waals surface area contributed by atoms with Gasteiger partial charge in [0.2, 0.25) is 0 Å². The van der Waals surface area contributed by atoms with Crippen molar-refractivity contribution in [2.75, 3.05) is 0 Å². The maximum Gasteiger partial charge on any atom is 0.108 e. The van der Waals surface area contributed by atoms with Crippen LogP contribution in [0.25, 0.3) is 0 Å². The van der Waals surface area contributed by atoms with Gasteiger partial charge in [-0.1, -0.05) is 13.8 Å². The summed E-state index contributed by atoms with van der Waals surface area (Å²) in [7, 11) is 0. The summed E-state index contributed by atoms with van der Waals surface area (Å²) >= 11 is 0. The Morgan fingerprint density at radius 1 is 1.47 bits per heavy atom. The van der Waals surface area contributed by atoms with Crippen molar-refractivity contribution in [2.45, 2.75) is 52.7 Å². The maximum absolute atomic E-state index is 9.30. The number of aliphatic hydroxyl groups is 1. The predicted octanol–water partition coefficient (Wildman–Crippen LogP) is 2.24. The number of nitrogens with zero attached hydrogens (tertiary/aromatic N) is 2. The summed E-state index contributed by atoms with van der Waals surface area (Å²) in [6.45, 7) is 7.21. The van der Waals surface area contributed by atoms with Gasteiger partial charge in [-0.25, -0.2) is 4.98 Å². The van der Waals surface area contributed by atoms with Crippen molar-refractivity contribution >= 4 is 0 Å². The van der Waals surface area contributed by atoms with Crippen LogP contribution in [0.2, 0.25) is 0 Å². The fourth-order valence-corrected chi connectivity index (χ4v) is 1.95. The van der Waals surface area contributed by atoms with Crippen LogP contribution in [0.4, 0.5) is 0 Å². The molecule has 0 saturated heterocycles. The van der Waals surface area contributed by atoms with Gasteiger partial charge in [-0.05, 0) is 25.7 Å². The van der Waals surface area contributed by atoms with E-state index in [1.165, 1.54) is 0 Å². The second kappa shape index (κ2) is 5.91. The van der Waals surface area contributed by atoms with Crippen molar-refractivity contribution in [3.63, 3.8) is 0 Å². The normalized spacial score (nSPS) is 15.2. The first-order valence-electron chi connectivity index (χ1n) is 5.81. The molecule has 0 aliphatic heterocycles. The number of hydrogen-bond donors (Lipinski definition) is 1. The zero-order chi connectivity index (χ0) is 11.3. The lowest BCUT2D eigenvalue weighted by molar-refractivity contribution is 0.163. The van der Waals surface area contributed by atoms with E-state index in [4.69, 9.17) is 0 Å². The molecule has 1 aromatic rings. The Labute approximate surface area is 92.1 Å². The second-order valence-electron chi connectivity index (χ2n) is 4.43. The van der Waals surface area contributed by atoms with Gasteiger partial charge in [-0.2, -0.15) is 0 Å². The first-order valence-corrected chi connectivity index (χ1v) is 5.81. The molecule has 1 N–H and O–H groups in total. The van der Waals surface area contributed by atoms with E-state index in [1.807, 2.05) is 19.3 Å². The van der Waals surface area contributed by atoms with Crippen LogP contribution in [0, 0.1) is 5.92 Å². The quantitative estimate of drug-likeness (QED) is 0.782. The molecule has 0 radical (unpaired) electrons. The van der Waals surface area contributed by atoms with Crippen molar-refractivity contribution in [1.29, 1.82) is 0 Å². The minimum atomic E-state index is -0.213. The molecule has 3 nitrogen and oxygen atoms in total. The summed E-state index contributed by atoms with van der Waals surface area (Å²) < 4.78 is 2.21. The molecular weight excluding hydrogens is 188 g/mol. The highest BCUT2D eigenvalue weighted by Gasteiger charge is 2.10. The van der Waals surface area contributed by atoms with Crippen LogP contribution in [-0.2, 0) is 13.0 Å². The highest BCUT2D eigenvalue weighted by Crippen LogP contribution is 2.12. The van der Waals surface area contributed by atoms with Crippen LogP contribution in [0.3, 0.4) is 0 Å². The molecule has 3 heteroatoms. The van der Waals surface area contributed by atoms with E-state index >= 15 is 0 Å². The van der Waals surface area contributed by atoms with Gasteiger partial charge in [-0.15, -0.1) is 0 Å². The molecule has 0 aromatic carbocycles. The van der Waals surface area contributed by atoms with E-state index in [0.717, 1.165) is 31.6 Å². The number of aliphatic hydroxyl groups excluding tert-OH is 1. The molecule has 0 saturated carbocycles. The van der Waals surface area contributed by atoms with Gasteiger partial charge in [0, 0.05) is 25.4 Å². The summed E-state index contributed by atoms with van der Waals surface area (Å²) in [5.41, 5.74) is 0. The first kappa shape index (κ1) is 12.2. The minimum Gasteiger partial charge on any atom is -0.393 e. The molecule has 0 spiro atoms. The van der Waals surface area contributed by atoms with Crippen molar-refractivity contribution in [2.24, 2.45) is 5.92 Å². The summed E-state index contributed by atoms with van der Waals surface area (Å²) in [5, 5.41) is 9.30. The number of aromatic nitrogens is 2. The molecule has 1 heterocycles. The van der Waals surface area contributed by atoms with E-state index in [1.54, 1.807) is 0 Å². The molecule has 1 rings (SSSR count). The van der Waals surface area contributed by atoms with Crippen LogP contribution >= 0.6 is 0 Å². The van der Waals surface area contributed by atoms with Gasteiger partial charge >= 0.3 is 0 Å². The Morgan fingerprint density at radius 3 is 2.80 bits per heavy atom. The molecule has 0 fully saturated rings. The van der Waals surface area contributed by atoms with Gasteiger partial charge in [0.15, 0.2) is 0 Å². The van der Waals surface area contributed by atoms with Crippen molar-refractivity contribution in [3.05, 3.63) is 18.2 Å². The molecule has 15 heavy (non-hydrogen) atoms. The summed E-state index contributed by atoms with van der Waals surface area (Å²) in [6, 6.07) is 0. The third-order valence-corrected chi connectivity index (χ3v) is 2.54. The molecule has 0 aliphatic carbocycles. The van der Waals surface area contributed by atoms with E-state index in [9.17, 15) is 5.11 Å². The van der Waals surface area contributed by atoms with E-state index < -0.39 is 0 Å². The molecule has 0 amide bonds. The molecular formula is C12H22N2O. The first-order chi connectivity index (χ1) is 7.13. The van der Waals surface area contributed by atoms with Gasteiger partial charge in [0.25, 0.3) is 0 Å². The lowest BCUT2D eigenvalue weighted by Gasteiger charge is -2.14. The highest BCUT2D eigenvalue weighted by atomic mass is 16.3. The third-order valence-electron chi connectivity index (χ3n) is 2.54. The van der Waals surface area contributed by atoms with Gasteiger partial charge < -0.3 is 9.67 Å². The zero-order valence-corrected chi connectivity index (χ0v) is 9.98. The zero-order valence-electron chi connectivity index (χ0n) is 9.98. The standard InChI is InChI=1S/C12H22N2O/c1-4-6-14-7-5-13-12(14)9-10(2)8-11(3)15/h5,7,10-11,15H,4,6,8-9H2,1-3H3. The van der Waals surface area contributed by atoms with Gasteiger partial charge in [0.05, 0.1) is 6.10 Å². The molecule has 2 unspecified atom stereocenters. The second-order valence-corrected chi connectivity index (χ2v) is 4.43. The van der Waals surface area contributed by atoms with E-state index in [0.29, 0.717) is 5.92 Å². The summed E-state index contributed by atoms with van der Waals surface area (Å²) in [6.07, 6.45) is 6.62. The maximum atomic E-state index is 9.30. The molecule has 86 valence electrons. The average molecular weight is 210 g/mol. The lowest BCUT2D eigenvalue weighted by atomic mass is 10.0. The van der Waals surface area contributed by atoms with Crippen LogP contribution < -0.4 is 0 Å². The lowest BCUT2D eigenvalue weighted by Crippen LogP contribution is -2.12. The average Bonchev–Trinajstić information content (AvgIpc) is 2.52. The fourth-order valence-electron chi connectivity index (χ4n) is 1.95. The minimum absolute atomic E-state index is 0.213. The van der Waals surface area contributed by atoms with E-state index in [2.05, 4.69) is 23.4 Å². The van der Waals surface area contributed by atoms with E-state index in [-0.39, 0.29) is 6.10 Å². The van der Waals surface area contributed by atoms with Gasteiger partial charge in [-0.3, -0.25) is 0 Å². The number of rotatable bonds is 6.